The maximum atomic E-state index is 12.8. The number of halogens is 1. The maximum Gasteiger partial charge on any atom is 0.243 e. The van der Waals surface area contributed by atoms with Gasteiger partial charge in [-0.2, -0.15) is 16.1 Å². The summed E-state index contributed by atoms with van der Waals surface area (Å²) in [4.78, 5) is 0.226. The van der Waals surface area contributed by atoms with Gasteiger partial charge >= 0.3 is 0 Å². The normalized spacial score (nSPS) is 21.1. The zero-order valence-corrected chi connectivity index (χ0v) is 14.0. The number of sulfonamides is 1. The fraction of sp³-hybridized carbons (Fsp3) is 0.538. The highest BCUT2D eigenvalue weighted by Crippen LogP contribution is 2.31. The molecule has 1 aliphatic rings. The van der Waals surface area contributed by atoms with Crippen LogP contribution in [0.25, 0.3) is 0 Å². The molecule has 0 amide bonds. The van der Waals surface area contributed by atoms with E-state index in [2.05, 4.69) is 6.92 Å². The number of hydrogen-bond acceptors (Lipinski definition) is 4. The molecule has 1 aliphatic heterocycles. The van der Waals surface area contributed by atoms with Crippen molar-refractivity contribution in [1.82, 2.24) is 4.31 Å². The average Bonchev–Trinajstić information content (AvgIpc) is 2.42. The number of hydrogen-bond donors (Lipinski definition) is 1. The number of benzene rings is 1. The molecule has 1 aromatic rings. The molecular formula is C13H19ClN2O2S2. The molecule has 1 unspecified atom stereocenters. The minimum Gasteiger partial charge on any atom is -0.398 e. The van der Waals surface area contributed by atoms with Gasteiger partial charge in [-0.1, -0.05) is 18.5 Å². The first-order valence-electron chi connectivity index (χ1n) is 6.53. The van der Waals surface area contributed by atoms with Crippen LogP contribution in [0.15, 0.2) is 17.0 Å². The van der Waals surface area contributed by atoms with E-state index in [-0.39, 0.29) is 4.90 Å². The van der Waals surface area contributed by atoms with Crippen molar-refractivity contribution in [2.45, 2.75) is 30.4 Å². The highest BCUT2D eigenvalue weighted by molar-refractivity contribution is 8.00. The van der Waals surface area contributed by atoms with Crippen LogP contribution in [0.4, 0.5) is 5.69 Å². The molecule has 2 rings (SSSR count). The van der Waals surface area contributed by atoms with Crippen molar-refractivity contribution in [2.24, 2.45) is 0 Å². The van der Waals surface area contributed by atoms with Crippen LogP contribution in [-0.2, 0) is 10.0 Å². The summed E-state index contributed by atoms with van der Waals surface area (Å²) in [5, 5.41) is 0.709. The van der Waals surface area contributed by atoms with E-state index in [9.17, 15) is 8.42 Å². The van der Waals surface area contributed by atoms with Crippen LogP contribution in [0.3, 0.4) is 0 Å². The molecule has 0 radical (unpaired) electrons. The Labute approximate surface area is 129 Å². The highest BCUT2D eigenvalue weighted by atomic mass is 35.5. The van der Waals surface area contributed by atoms with E-state index in [0.29, 0.717) is 34.6 Å². The molecular weight excluding hydrogens is 316 g/mol. The monoisotopic (exact) mass is 334 g/mol. The molecule has 1 heterocycles. The second kappa shape index (κ2) is 6.13. The summed E-state index contributed by atoms with van der Waals surface area (Å²) in [5.41, 5.74) is 6.81. The zero-order valence-electron chi connectivity index (χ0n) is 11.6. The van der Waals surface area contributed by atoms with E-state index >= 15 is 0 Å². The topological polar surface area (TPSA) is 63.4 Å². The number of thioether (sulfide) groups is 1. The predicted molar refractivity (Wildman–Crippen MR) is 85.9 cm³/mol. The van der Waals surface area contributed by atoms with Crippen molar-refractivity contribution in [2.75, 3.05) is 24.6 Å². The Hall–Kier alpha value is -0.430. The van der Waals surface area contributed by atoms with Crippen molar-refractivity contribution in [3.05, 3.63) is 22.7 Å². The maximum absolute atomic E-state index is 12.8. The Bertz CT molecular complexity index is 605. The van der Waals surface area contributed by atoms with Crippen molar-refractivity contribution < 1.29 is 8.42 Å². The second-order valence-corrected chi connectivity index (χ2v) is 8.63. The van der Waals surface area contributed by atoms with Gasteiger partial charge in [0.05, 0.1) is 4.90 Å². The quantitative estimate of drug-likeness (QED) is 0.863. The minimum absolute atomic E-state index is 0.226. The molecule has 0 spiro atoms. The van der Waals surface area contributed by atoms with Crippen LogP contribution >= 0.6 is 23.4 Å². The van der Waals surface area contributed by atoms with Crippen LogP contribution in [0.5, 0.6) is 0 Å². The molecule has 2 N–H and O–H groups in total. The minimum atomic E-state index is -3.53. The van der Waals surface area contributed by atoms with Gasteiger partial charge in [-0.05, 0) is 31.0 Å². The largest absolute Gasteiger partial charge is 0.398 e. The lowest BCUT2D eigenvalue weighted by Gasteiger charge is -2.31. The van der Waals surface area contributed by atoms with Crippen LogP contribution in [0.1, 0.15) is 18.9 Å². The molecule has 112 valence electrons. The summed E-state index contributed by atoms with van der Waals surface area (Å²) < 4.78 is 27.1. The fourth-order valence-electron chi connectivity index (χ4n) is 2.24. The molecule has 20 heavy (non-hydrogen) atoms. The van der Waals surface area contributed by atoms with Crippen molar-refractivity contribution in [3.8, 4) is 0 Å². The molecule has 1 saturated heterocycles. The Morgan fingerprint density at radius 3 is 2.85 bits per heavy atom. The highest BCUT2D eigenvalue weighted by Gasteiger charge is 2.31. The summed E-state index contributed by atoms with van der Waals surface area (Å²) in [6.07, 6.45) is 0.966. The van der Waals surface area contributed by atoms with Gasteiger partial charge in [-0.25, -0.2) is 8.42 Å². The van der Waals surface area contributed by atoms with E-state index in [0.717, 1.165) is 12.2 Å². The molecule has 7 heteroatoms. The molecule has 0 saturated carbocycles. The van der Waals surface area contributed by atoms with Crippen LogP contribution in [0.2, 0.25) is 5.02 Å². The first kappa shape index (κ1) is 15.9. The third kappa shape index (κ3) is 3.08. The Morgan fingerprint density at radius 2 is 2.20 bits per heavy atom. The first-order chi connectivity index (χ1) is 9.36. The molecule has 1 aromatic carbocycles. The van der Waals surface area contributed by atoms with Crippen LogP contribution in [0, 0.1) is 6.92 Å². The van der Waals surface area contributed by atoms with Gasteiger partial charge in [0.2, 0.25) is 10.0 Å². The van der Waals surface area contributed by atoms with Gasteiger partial charge < -0.3 is 5.73 Å². The number of anilines is 1. The summed E-state index contributed by atoms with van der Waals surface area (Å²) in [6, 6.07) is 3.07. The van der Waals surface area contributed by atoms with Crippen LogP contribution in [-0.4, -0.2) is 36.8 Å². The van der Waals surface area contributed by atoms with Gasteiger partial charge in [0.15, 0.2) is 0 Å². The Morgan fingerprint density at radius 1 is 1.50 bits per heavy atom. The molecule has 0 bridgehead atoms. The van der Waals surface area contributed by atoms with E-state index in [1.54, 1.807) is 17.3 Å². The summed E-state index contributed by atoms with van der Waals surface area (Å²) >= 11 is 7.79. The first-order valence-corrected chi connectivity index (χ1v) is 9.40. The second-order valence-electron chi connectivity index (χ2n) is 4.88. The molecule has 1 fully saturated rings. The number of nitrogens with two attached hydrogens (primary N) is 1. The van der Waals surface area contributed by atoms with Gasteiger partial charge in [0.25, 0.3) is 0 Å². The van der Waals surface area contributed by atoms with Gasteiger partial charge in [-0.3, -0.25) is 0 Å². The smallest absolute Gasteiger partial charge is 0.243 e. The van der Waals surface area contributed by atoms with E-state index < -0.39 is 10.0 Å². The zero-order chi connectivity index (χ0) is 14.9. The predicted octanol–water partition coefficient (Wildman–Crippen LogP) is 2.75. The lowest BCUT2D eigenvalue weighted by atomic mass is 10.2. The van der Waals surface area contributed by atoms with Crippen molar-refractivity contribution >= 4 is 39.1 Å². The number of nitrogen functional groups attached to an aromatic ring is 1. The third-order valence-corrected chi connectivity index (χ3v) is 7.12. The van der Waals surface area contributed by atoms with E-state index in [4.69, 9.17) is 17.3 Å². The van der Waals surface area contributed by atoms with Gasteiger partial charge in [0.1, 0.15) is 0 Å². The van der Waals surface area contributed by atoms with E-state index in [1.807, 2.05) is 11.8 Å². The molecule has 4 nitrogen and oxygen atoms in total. The van der Waals surface area contributed by atoms with Crippen molar-refractivity contribution in [1.29, 1.82) is 0 Å². The average molecular weight is 335 g/mol. The summed E-state index contributed by atoms with van der Waals surface area (Å²) in [5.74, 6) is 0.826. The van der Waals surface area contributed by atoms with Gasteiger partial charge in [-0.15, -0.1) is 0 Å². The number of nitrogens with zero attached hydrogens (tertiary/aromatic N) is 1. The third-order valence-electron chi connectivity index (χ3n) is 3.54. The lowest BCUT2D eigenvalue weighted by molar-refractivity contribution is 0.415. The molecule has 0 aliphatic carbocycles. The molecule has 0 aromatic heterocycles. The standard InChI is InChI=1S/C13H19ClN2O2S2/c1-3-11-8-16(4-5-19-11)20(17,18)13-7-10(14)6-12(15)9(13)2/h6-7,11H,3-5,8,15H2,1-2H3. The SMILES string of the molecule is CCC1CN(S(=O)(=O)c2cc(Cl)cc(N)c2C)CCS1. The lowest BCUT2D eigenvalue weighted by Crippen LogP contribution is -2.41. The van der Waals surface area contributed by atoms with Crippen LogP contribution < -0.4 is 5.73 Å². The number of rotatable bonds is 3. The van der Waals surface area contributed by atoms with Crippen molar-refractivity contribution in [3.63, 3.8) is 0 Å². The van der Waals surface area contributed by atoms with Gasteiger partial charge in [0, 0.05) is 34.8 Å². The van der Waals surface area contributed by atoms with E-state index in [1.165, 1.54) is 6.07 Å². The fourth-order valence-corrected chi connectivity index (χ4v) is 5.69. The Balaban J connectivity index is 2.40. The summed E-state index contributed by atoms with van der Waals surface area (Å²) in [7, 11) is -3.53. The molecule has 1 atom stereocenters. The Kier molecular flexibility index (Phi) is 4.89. The summed E-state index contributed by atoms with van der Waals surface area (Å²) in [6.45, 7) is 4.88.